The van der Waals surface area contributed by atoms with Gasteiger partial charge in [-0.25, -0.2) is 9.98 Å². The average Bonchev–Trinajstić information content (AvgIpc) is 3.35. The normalized spacial score (nSPS) is 19.0. The fraction of sp³-hybridized carbons (Fsp3) is 0.385. The Morgan fingerprint density at radius 2 is 1.91 bits per heavy atom. The molecule has 2 unspecified atom stereocenters. The summed E-state index contributed by atoms with van der Waals surface area (Å²) >= 11 is 0. The number of guanidine groups is 1. The van der Waals surface area contributed by atoms with Crippen LogP contribution in [0.2, 0.25) is 0 Å². The number of halogens is 1. The van der Waals surface area contributed by atoms with Crippen molar-refractivity contribution < 1.29 is 0 Å². The number of nitrogens with zero attached hydrogens (tertiary/aromatic N) is 4. The lowest BCUT2D eigenvalue weighted by atomic mass is 9.97. The minimum absolute atomic E-state index is 0. The fourth-order valence-corrected chi connectivity index (χ4v) is 4.38. The molecule has 1 aromatic heterocycles. The number of rotatable bonds is 7. The molecule has 176 valence electrons. The minimum Gasteiger partial charge on any atom is -0.357 e. The van der Waals surface area contributed by atoms with Gasteiger partial charge in [-0.2, -0.15) is 0 Å². The van der Waals surface area contributed by atoms with E-state index in [4.69, 9.17) is 4.99 Å². The summed E-state index contributed by atoms with van der Waals surface area (Å²) < 4.78 is 2.04. The first-order valence-corrected chi connectivity index (χ1v) is 11.6. The predicted octanol–water partition coefficient (Wildman–Crippen LogP) is 4.60. The summed E-state index contributed by atoms with van der Waals surface area (Å²) in [6, 6.07) is 20.1. The number of likely N-dealkylation sites (tertiary alicyclic amines) is 1. The Bertz CT molecular complexity index is 989. The number of hydrogen-bond acceptors (Lipinski definition) is 3. The summed E-state index contributed by atoms with van der Waals surface area (Å²) in [6.45, 7) is 8.03. The topological polar surface area (TPSA) is 57.5 Å². The highest BCUT2D eigenvalue weighted by Gasteiger charge is 2.26. The molecule has 4 rings (SSSR count). The summed E-state index contributed by atoms with van der Waals surface area (Å²) in [5, 5.41) is 7.12. The molecule has 33 heavy (non-hydrogen) atoms. The summed E-state index contributed by atoms with van der Waals surface area (Å²) in [4.78, 5) is 11.7. The van der Waals surface area contributed by atoms with Crippen molar-refractivity contribution in [2.24, 2.45) is 4.99 Å². The fourth-order valence-electron chi connectivity index (χ4n) is 4.38. The van der Waals surface area contributed by atoms with Gasteiger partial charge in [-0.15, -0.1) is 24.0 Å². The van der Waals surface area contributed by atoms with Crippen LogP contribution in [0.5, 0.6) is 0 Å². The van der Waals surface area contributed by atoms with E-state index in [2.05, 4.69) is 89.0 Å². The van der Waals surface area contributed by atoms with Crippen LogP contribution in [0, 0.1) is 0 Å². The smallest absolute Gasteiger partial charge is 0.191 e. The van der Waals surface area contributed by atoms with E-state index in [0.717, 1.165) is 44.1 Å². The van der Waals surface area contributed by atoms with Crippen molar-refractivity contribution in [3.63, 3.8) is 0 Å². The van der Waals surface area contributed by atoms with Crippen molar-refractivity contribution in [2.45, 2.75) is 51.9 Å². The Morgan fingerprint density at radius 3 is 2.64 bits per heavy atom. The van der Waals surface area contributed by atoms with Gasteiger partial charge in [0.25, 0.3) is 0 Å². The molecule has 2 N–H and O–H groups in total. The molecule has 0 saturated carbocycles. The highest BCUT2D eigenvalue weighted by molar-refractivity contribution is 14.0. The van der Waals surface area contributed by atoms with Crippen molar-refractivity contribution >= 4 is 29.9 Å². The first kappa shape index (κ1) is 25.2. The Labute approximate surface area is 214 Å². The number of nitrogens with one attached hydrogen (secondary N) is 2. The van der Waals surface area contributed by atoms with Crippen molar-refractivity contribution in [3.05, 3.63) is 84.4 Å². The molecule has 1 aliphatic heterocycles. The van der Waals surface area contributed by atoms with Gasteiger partial charge in [0.15, 0.2) is 5.96 Å². The highest BCUT2D eigenvalue weighted by atomic mass is 127. The summed E-state index contributed by atoms with van der Waals surface area (Å²) in [5.74, 6) is 0.890. The number of para-hydroxylation sites is 1. The third kappa shape index (κ3) is 7.04. The van der Waals surface area contributed by atoms with Gasteiger partial charge in [0.2, 0.25) is 0 Å². The largest absolute Gasteiger partial charge is 0.357 e. The number of aromatic nitrogens is 2. The van der Waals surface area contributed by atoms with Gasteiger partial charge in [-0.1, -0.05) is 48.5 Å². The maximum Gasteiger partial charge on any atom is 0.191 e. The van der Waals surface area contributed by atoms with E-state index < -0.39 is 0 Å². The van der Waals surface area contributed by atoms with Crippen LogP contribution >= 0.6 is 24.0 Å². The molecule has 2 aromatic carbocycles. The predicted molar refractivity (Wildman–Crippen MR) is 146 cm³/mol. The van der Waals surface area contributed by atoms with Crippen LogP contribution in [-0.2, 0) is 13.1 Å². The Hall–Kier alpha value is -2.39. The summed E-state index contributed by atoms with van der Waals surface area (Å²) in [5.41, 5.74) is 3.68. The lowest BCUT2D eigenvalue weighted by molar-refractivity contribution is 0.134. The summed E-state index contributed by atoms with van der Waals surface area (Å²) in [6.07, 6.45) is 7.83. The van der Waals surface area contributed by atoms with E-state index in [1.54, 1.807) is 6.20 Å². The second-order valence-corrected chi connectivity index (χ2v) is 8.46. The molecule has 1 aliphatic rings. The number of hydrogen-bond donors (Lipinski definition) is 2. The number of aliphatic imine (C=N–C) groups is 1. The van der Waals surface area contributed by atoms with Gasteiger partial charge in [0, 0.05) is 44.1 Å². The average molecular weight is 559 g/mol. The zero-order valence-corrected chi connectivity index (χ0v) is 21.9. The molecule has 0 bridgehead atoms. The molecule has 0 amide bonds. The van der Waals surface area contributed by atoms with Crippen LogP contribution in [0.25, 0.3) is 5.69 Å². The van der Waals surface area contributed by atoms with Gasteiger partial charge in [0.1, 0.15) is 0 Å². The molecule has 0 radical (unpaired) electrons. The standard InChI is InChI=1S/C26H34N6.HI/c1-3-28-26(29-18-23-11-7-8-12-25(23)32-16-14-27-20-32)30-24-13-15-31(21(2)17-24)19-22-9-5-4-6-10-22;/h4-12,14,16,20-21,24H,3,13,15,17-19H2,1-2H3,(H2,28,29,30);1H. The lowest BCUT2D eigenvalue weighted by Gasteiger charge is -2.38. The Morgan fingerprint density at radius 1 is 1.12 bits per heavy atom. The molecule has 6 nitrogen and oxygen atoms in total. The van der Waals surface area contributed by atoms with Crippen molar-refractivity contribution in [1.82, 2.24) is 25.1 Å². The van der Waals surface area contributed by atoms with E-state index in [0.29, 0.717) is 18.6 Å². The van der Waals surface area contributed by atoms with Crippen LogP contribution in [0.1, 0.15) is 37.8 Å². The van der Waals surface area contributed by atoms with Gasteiger partial charge in [-0.3, -0.25) is 4.90 Å². The van der Waals surface area contributed by atoms with E-state index in [-0.39, 0.29) is 24.0 Å². The van der Waals surface area contributed by atoms with Crippen LogP contribution in [0.15, 0.2) is 78.3 Å². The molecule has 1 saturated heterocycles. The maximum atomic E-state index is 4.91. The molecule has 0 spiro atoms. The van der Waals surface area contributed by atoms with Gasteiger partial charge >= 0.3 is 0 Å². The molecule has 0 aliphatic carbocycles. The second-order valence-electron chi connectivity index (χ2n) is 8.46. The molecule has 1 fully saturated rings. The zero-order chi connectivity index (χ0) is 22.2. The van der Waals surface area contributed by atoms with Crippen molar-refractivity contribution in [3.8, 4) is 5.69 Å². The van der Waals surface area contributed by atoms with Crippen LogP contribution in [0.4, 0.5) is 0 Å². The molecule has 2 atom stereocenters. The lowest BCUT2D eigenvalue weighted by Crippen LogP contribution is -2.51. The Kier molecular flexibility index (Phi) is 9.75. The number of imidazole rings is 1. The molecular formula is C26H35IN6. The van der Waals surface area contributed by atoms with Gasteiger partial charge in [-0.05, 0) is 43.9 Å². The van der Waals surface area contributed by atoms with E-state index >= 15 is 0 Å². The van der Waals surface area contributed by atoms with Crippen molar-refractivity contribution in [1.29, 1.82) is 0 Å². The third-order valence-electron chi connectivity index (χ3n) is 6.11. The van der Waals surface area contributed by atoms with Crippen molar-refractivity contribution in [2.75, 3.05) is 13.1 Å². The molecule has 3 aromatic rings. The van der Waals surface area contributed by atoms with Gasteiger partial charge < -0.3 is 15.2 Å². The van der Waals surface area contributed by atoms with E-state index in [1.807, 2.05) is 17.1 Å². The number of piperidine rings is 1. The van der Waals surface area contributed by atoms with Crippen LogP contribution in [0.3, 0.4) is 0 Å². The molecular weight excluding hydrogens is 523 g/mol. The third-order valence-corrected chi connectivity index (χ3v) is 6.11. The number of benzene rings is 2. The van der Waals surface area contributed by atoms with Crippen LogP contribution < -0.4 is 10.6 Å². The SMILES string of the molecule is CCNC(=NCc1ccccc1-n1ccnc1)NC1CCN(Cc2ccccc2)C(C)C1.I. The zero-order valence-electron chi connectivity index (χ0n) is 19.5. The minimum atomic E-state index is 0. The monoisotopic (exact) mass is 558 g/mol. The van der Waals surface area contributed by atoms with E-state index in [1.165, 1.54) is 11.1 Å². The Balaban J connectivity index is 0.00000306. The first-order chi connectivity index (χ1) is 15.7. The highest BCUT2D eigenvalue weighted by Crippen LogP contribution is 2.20. The first-order valence-electron chi connectivity index (χ1n) is 11.6. The quantitative estimate of drug-likeness (QED) is 0.253. The second kappa shape index (κ2) is 12.7. The maximum absolute atomic E-state index is 4.91. The molecule has 2 heterocycles. The molecule has 7 heteroatoms. The van der Waals surface area contributed by atoms with E-state index in [9.17, 15) is 0 Å². The summed E-state index contributed by atoms with van der Waals surface area (Å²) in [7, 11) is 0. The van der Waals surface area contributed by atoms with Gasteiger partial charge in [0.05, 0.1) is 18.6 Å². The van der Waals surface area contributed by atoms with Crippen LogP contribution in [-0.4, -0.2) is 45.6 Å².